The fraction of sp³-hybridized carbons (Fsp3) is 0.462. The number of carbonyl (C=O) groups is 4. The van der Waals surface area contributed by atoms with Crippen molar-refractivity contribution in [2.75, 3.05) is 52.0 Å². The minimum Gasteiger partial charge on any atom is -0.510 e. The van der Waals surface area contributed by atoms with Gasteiger partial charge in [-0.15, -0.1) is 24.8 Å². The van der Waals surface area contributed by atoms with Crippen LogP contribution in [0, 0.1) is 11.8 Å². The summed E-state index contributed by atoms with van der Waals surface area (Å²) >= 11 is 0. The van der Waals surface area contributed by atoms with E-state index in [9.17, 15) is 39.6 Å². The van der Waals surface area contributed by atoms with Crippen molar-refractivity contribution >= 4 is 59.6 Å². The number of likely N-dealkylation sites (N-methyl/N-ethyl adjacent to an activating group) is 2. The molecule has 0 fully saturated rings. The molecule has 226 valence electrons. The molecule has 0 bridgehead atoms. The summed E-state index contributed by atoms with van der Waals surface area (Å²) in [6.45, 7) is -0.0537. The molecule has 4 rings (SSSR count). The third-order valence-corrected chi connectivity index (χ3v) is 7.79. The molecule has 2 amide bonds. The van der Waals surface area contributed by atoms with Crippen LogP contribution in [0.5, 0.6) is 5.75 Å². The lowest BCUT2D eigenvalue weighted by molar-refractivity contribution is -0.148. The maximum atomic E-state index is 13.9. The Morgan fingerprint density at radius 2 is 1.73 bits per heavy atom. The van der Waals surface area contributed by atoms with Crippen molar-refractivity contribution in [1.82, 2.24) is 10.2 Å². The summed E-state index contributed by atoms with van der Waals surface area (Å²) in [7, 11) is 8.17. The number of amides is 2. The number of hydrogen-bond donors (Lipinski definition) is 7. The number of phenolic OH excluding ortho intramolecular Hbond substituents is 1. The van der Waals surface area contributed by atoms with Gasteiger partial charge >= 0.3 is 0 Å². The first-order valence-electron chi connectivity index (χ1n) is 12.3. The minimum atomic E-state index is -2.72. The fourth-order valence-electron chi connectivity index (χ4n) is 6.15. The van der Waals surface area contributed by atoms with E-state index in [4.69, 9.17) is 5.73 Å². The molecule has 0 saturated heterocycles. The van der Waals surface area contributed by atoms with Gasteiger partial charge in [-0.05, 0) is 51.5 Å². The summed E-state index contributed by atoms with van der Waals surface area (Å²) in [5.41, 5.74) is 2.30. The number of benzene rings is 1. The Labute approximate surface area is 248 Å². The number of aliphatic hydroxyl groups excluding tert-OH is 2. The quantitative estimate of drug-likeness (QED) is 0.170. The highest BCUT2D eigenvalue weighted by molar-refractivity contribution is 6.25. The van der Waals surface area contributed by atoms with Gasteiger partial charge in [0, 0.05) is 31.3 Å². The van der Waals surface area contributed by atoms with Gasteiger partial charge in [0.2, 0.25) is 11.7 Å². The summed E-state index contributed by atoms with van der Waals surface area (Å²) in [5.74, 6) is -7.78. The van der Waals surface area contributed by atoms with Crippen molar-refractivity contribution in [3.63, 3.8) is 0 Å². The van der Waals surface area contributed by atoms with Gasteiger partial charge < -0.3 is 41.7 Å². The summed E-state index contributed by atoms with van der Waals surface area (Å²) in [6.07, 6.45) is 0.125. The van der Waals surface area contributed by atoms with E-state index < -0.39 is 69.7 Å². The Bertz CT molecular complexity index is 1380. The molecule has 0 aromatic heterocycles. The lowest BCUT2D eigenvalue weighted by Crippen LogP contribution is -2.63. The van der Waals surface area contributed by atoms with Crippen LogP contribution in [0.4, 0.5) is 11.4 Å². The monoisotopic (exact) mass is 615 g/mol. The van der Waals surface area contributed by atoms with Crippen LogP contribution in [0.3, 0.4) is 0 Å². The SMILES string of the molecule is CNCC(=O)Nc1cc(N(C)C)c2c(c1O)C(=O)C1=C(O)C3(O)C(=O)C(C(N)=O)=C(O)[C@@H](N(C)C)C3CC1C2.Cl.Cl. The molecule has 0 radical (unpaired) electrons. The Morgan fingerprint density at radius 3 is 2.24 bits per heavy atom. The molecule has 3 aliphatic rings. The number of nitrogens with zero attached hydrogens (tertiary/aromatic N) is 2. The number of halogens is 2. The highest BCUT2D eigenvalue weighted by atomic mass is 35.5. The van der Waals surface area contributed by atoms with Crippen LogP contribution in [0.1, 0.15) is 22.3 Å². The zero-order chi connectivity index (χ0) is 29.1. The first-order valence-corrected chi connectivity index (χ1v) is 12.3. The van der Waals surface area contributed by atoms with E-state index in [1.807, 2.05) is 0 Å². The first kappa shape index (κ1) is 33.8. The number of ketones is 2. The zero-order valence-electron chi connectivity index (χ0n) is 23.1. The minimum absolute atomic E-state index is 0. The standard InChI is InChI=1S/C26H33N5O8.2ClH/c1-28-9-15(32)29-13-8-14(30(2)3)11-6-10-7-12-19(31(4)5)22(35)18(25(27)38)24(37)26(12,39)23(36)16(10)21(34)17(11)20(13)33;;/h8,10,12,19,28,33,35-36,39H,6-7,9H2,1-5H3,(H2,27,38)(H,29,32);2*1H/t10?,12?,19-,26?;;/m0../s1. The van der Waals surface area contributed by atoms with Crippen LogP contribution in [0.2, 0.25) is 0 Å². The van der Waals surface area contributed by atoms with E-state index in [-0.39, 0.29) is 61.0 Å². The van der Waals surface area contributed by atoms with Crippen LogP contribution >= 0.6 is 24.8 Å². The maximum absolute atomic E-state index is 13.9. The van der Waals surface area contributed by atoms with E-state index in [1.54, 1.807) is 46.2 Å². The predicted octanol–water partition coefficient (Wildman–Crippen LogP) is 0.188. The number of Topliss-reactive ketones (excluding diaryl/α,β-unsaturated/α-hetero) is 2. The molecule has 1 aromatic rings. The summed E-state index contributed by atoms with van der Waals surface area (Å²) in [4.78, 5) is 54.9. The topological polar surface area (TPSA) is 206 Å². The number of nitrogens with two attached hydrogens (primary N) is 1. The number of phenols is 1. The van der Waals surface area contributed by atoms with Gasteiger partial charge in [0.25, 0.3) is 5.91 Å². The number of aromatic hydroxyl groups is 1. The summed E-state index contributed by atoms with van der Waals surface area (Å²) in [6, 6.07) is 0.477. The average Bonchev–Trinajstić information content (AvgIpc) is 2.82. The number of hydrogen-bond acceptors (Lipinski definition) is 11. The lowest BCUT2D eigenvalue weighted by Gasteiger charge is -2.50. The van der Waals surface area contributed by atoms with Crippen LogP contribution < -0.4 is 21.3 Å². The van der Waals surface area contributed by atoms with Crippen molar-refractivity contribution in [3.8, 4) is 5.75 Å². The van der Waals surface area contributed by atoms with Crippen LogP contribution in [-0.2, 0) is 20.8 Å². The van der Waals surface area contributed by atoms with Crippen molar-refractivity contribution in [2.45, 2.75) is 24.5 Å². The molecule has 41 heavy (non-hydrogen) atoms. The number of rotatable bonds is 6. The van der Waals surface area contributed by atoms with Gasteiger partial charge in [-0.3, -0.25) is 24.1 Å². The van der Waals surface area contributed by atoms with E-state index >= 15 is 0 Å². The molecule has 15 heteroatoms. The largest absolute Gasteiger partial charge is 0.510 e. The van der Waals surface area contributed by atoms with Gasteiger partial charge in [-0.2, -0.15) is 0 Å². The molecular formula is C26H35Cl2N5O8. The van der Waals surface area contributed by atoms with Gasteiger partial charge in [0.05, 0.1) is 23.8 Å². The van der Waals surface area contributed by atoms with Crippen molar-refractivity contribution in [1.29, 1.82) is 0 Å². The Hall–Kier alpha value is -3.36. The zero-order valence-corrected chi connectivity index (χ0v) is 24.8. The van der Waals surface area contributed by atoms with E-state index in [0.29, 0.717) is 11.3 Å². The number of primary amides is 1. The number of nitrogens with one attached hydrogen (secondary N) is 2. The van der Waals surface area contributed by atoms with E-state index in [0.717, 1.165) is 0 Å². The summed E-state index contributed by atoms with van der Waals surface area (Å²) in [5, 5.41) is 50.3. The Balaban J connectivity index is 0.00000294. The number of carbonyl (C=O) groups excluding carboxylic acids is 4. The van der Waals surface area contributed by atoms with Crippen LogP contribution in [0.15, 0.2) is 28.7 Å². The van der Waals surface area contributed by atoms with Crippen molar-refractivity contribution < 1.29 is 39.6 Å². The van der Waals surface area contributed by atoms with Crippen LogP contribution in [-0.4, -0.2) is 102 Å². The van der Waals surface area contributed by atoms with E-state index in [1.165, 1.54) is 4.90 Å². The maximum Gasteiger partial charge on any atom is 0.255 e. The number of allylic oxidation sites excluding steroid dienone is 1. The molecule has 8 N–H and O–H groups in total. The average molecular weight is 616 g/mol. The number of anilines is 2. The van der Waals surface area contributed by atoms with Crippen molar-refractivity contribution in [2.24, 2.45) is 17.6 Å². The molecule has 0 saturated carbocycles. The van der Waals surface area contributed by atoms with Crippen molar-refractivity contribution in [3.05, 3.63) is 39.9 Å². The normalized spacial score (nSPS) is 25.0. The number of fused-ring (bicyclic) bond motifs is 3. The highest BCUT2D eigenvalue weighted by Gasteiger charge is 2.63. The third-order valence-electron chi connectivity index (χ3n) is 7.79. The molecular weight excluding hydrogens is 581 g/mol. The molecule has 3 aliphatic carbocycles. The summed E-state index contributed by atoms with van der Waals surface area (Å²) < 4.78 is 0. The molecule has 1 aromatic carbocycles. The molecule has 13 nitrogen and oxygen atoms in total. The van der Waals surface area contributed by atoms with Gasteiger partial charge in [0.1, 0.15) is 17.1 Å². The predicted molar refractivity (Wildman–Crippen MR) is 155 cm³/mol. The molecule has 0 heterocycles. The number of aliphatic hydroxyl groups is 3. The molecule has 4 atom stereocenters. The Morgan fingerprint density at radius 1 is 1.12 bits per heavy atom. The van der Waals surface area contributed by atoms with Gasteiger partial charge in [-0.1, -0.05) is 0 Å². The van der Waals surface area contributed by atoms with Gasteiger partial charge in [-0.25, -0.2) is 0 Å². The molecule has 0 aliphatic heterocycles. The second-order valence-corrected chi connectivity index (χ2v) is 10.6. The smallest absolute Gasteiger partial charge is 0.255 e. The lowest BCUT2D eigenvalue weighted by atomic mass is 9.58. The van der Waals surface area contributed by atoms with Crippen LogP contribution in [0.25, 0.3) is 0 Å². The molecule has 3 unspecified atom stereocenters. The first-order chi connectivity index (χ1) is 18.2. The Kier molecular flexibility index (Phi) is 9.79. The van der Waals surface area contributed by atoms with E-state index in [2.05, 4.69) is 10.6 Å². The second kappa shape index (κ2) is 11.9. The second-order valence-electron chi connectivity index (χ2n) is 10.6. The highest BCUT2D eigenvalue weighted by Crippen LogP contribution is 2.53. The fourth-order valence-corrected chi connectivity index (χ4v) is 6.15. The molecule has 0 spiro atoms. The van der Waals surface area contributed by atoms with Gasteiger partial charge in [0.15, 0.2) is 17.1 Å². The third kappa shape index (κ3) is 5.01.